The average molecular weight is 663 g/mol. The predicted octanol–water partition coefficient (Wildman–Crippen LogP) is 6.79. The Morgan fingerprint density at radius 1 is 0.667 bits per heavy atom. The van der Waals surface area contributed by atoms with Crippen molar-refractivity contribution in [2.45, 2.75) is 61.5 Å². The molecule has 10 heteroatoms. The van der Waals surface area contributed by atoms with Gasteiger partial charge >= 0.3 is 0 Å². The summed E-state index contributed by atoms with van der Waals surface area (Å²) in [6.07, 6.45) is 0.00688. The Balaban J connectivity index is 1.51. The molecule has 2 fully saturated rings. The number of benzene rings is 4. The van der Waals surface area contributed by atoms with Crippen LogP contribution in [0.4, 0.5) is 0 Å². The van der Waals surface area contributed by atoms with Gasteiger partial charge in [-0.15, -0.1) is 0 Å². The molecule has 0 aromatic heterocycles. The van der Waals surface area contributed by atoms with E-state index in [2.05, 4.69) is 0 Å². The van der Waals surface area contributed by atoms with Gasteiger partial charge in [0.25, 0.3) is 0 Å². The molecule has 0 unspecified atom stereocenters. The third-order valence-corrected chi connectivity index (χ3v) is 13.1. The van der Waals surface area contributed by atoms with Crippen LogP contribution in [0.5, 0.6) is 0 Å². The Kier molecular flexibility index (Phi) is 8.52. The highest BCUT2D eigenvalue weighted by Gasteiger charge is 2.54. The van der Waals surface area contributed by atoms with Crippen molar-refractivity contribution in [2.75, 3.05) is 6.54 Å². The molecule has 0 radical (unpaired) electrons. The maximum atomic E-state index is 14.6. The summed E-state index contributed by atoms with van der Waals surface area (Å²) in [5.74, 6) is -1.03. The second-order valence-electron chi connectivity index (χ2n) is 12.1. The van der Waals surface area contributed by atoms with Crippen LogP contribution in [0, 0.1) is 26.7 Å². The van der Waals surface area contributed by atoms with Crippen molar-refractivity contribution in [3.8, 4) is 0 Å². The number of carbonyl (C=O) groups excluding carboxylic acids is 1. The lowest BCUT2D eigenvalue weighted by atomic mass is 9.77. The smallest absolute Gasteiger partial charge is 0.243 e. The molecule has 7 nitrogen and oxygen atoms in total. The van der Waals surface area contributed by atoms with Crippen LogP contribution in [0.15, 0.2) is 107 Å². The molecular formula is C35H35ClN2O5S2. The molecule has 2 saturated heterocycles. The van der Waals surface area contributed by atoms with Crippen molar-refractivity contribution < 1.29 is 21.6 Å². The maximum Gasteiger partial charge on any atom is 0.243 e. The molecule has 4 aromatic rings. The minimum Gasteiger partial charge on any atom is -0.299 e. The molecule has 234 valence electrons. The van der Waals surface area contributed by atoms with E-state index < -0.39 is 44.1 Å². The summed E-state index contributed by atoms with van der Waals surface area (Å²) in [5, 5.41) is 0.436. The summed E-state index contributed by atoms with van der Waals surface area (Å²) in [4.78, 5) is 14.3. The van der Waals surface area contributed by atoms with Gasteiger partial charge in [-0.25, -0.2) is 16.8 Å². The molecule has 45 heavy (non-hydrogen) atoms. The first-order chi connectivity index (χ1) is 21.4. The molecule has 2 aliphatic heterocycles. The highest BCUT2D eigenvalue weighted by Crippen LogP contribution is 2.48. The average Bonchev–Trinajstić information content (AvgIpc) is 3.01. The van der Waals surface area contributed by atoms with Crippen LogP contribution in [-0.4, -0.2) is 43.8 Å². The largest absolute Gasteiger partial charge is 0.299 e. The third kappa shape index (κ3) is 6.00. The standard InChI is InChI=1S/C35H35ClN2O5S2/c1-23-7-13-26(14-8-23)32-20-34-31(22-37(32)44(40,41)29-15-9-24(2)10-16-29)35(39)21-33(27-5-4-6-28(36)19-27)38(34)45(42,43)30-17-11-25(3)12-18-30/h4-19,31-34H,20-22H2,1-3H3/t31-,32+,33+,34+/m1/s1. The maximum absolute atomic E-state index is 14.6. The molecule has 4 atom stereocenters. The summed E-state index contributed by atoms with van der Waals surface area (Å²) >= 11 is 6.36. The molecule has 0 N–H and O–H groups in total. The number of aryl methyl sites for hydroxylation is 3. The zero-order valence-electron chi connectivity index (χ0n) is 25.3. The summed E-state index contributed by atoms with van der Waals surface area (Å²) in [7, 11) is -8.18. The van der Waals surface area contributed by atoms with E-state index in [-0.39, 0.29) is 35.0 Å². The van der Waals surface area contributed by atoms with E-state index in [0.29, 0.717) is 10.6 Å². The molecule has 6 rings (SSSR count). The first kappa shape index (κ1) is 31.6. The fraction of sp³-hybridized carbons (Fsp3) is 0.286. The van der Waals surface area contributed by atoms with Gasteiger partial charge in [-0.05, 0) is 74.7 Å². The summed E-state index contributed by atoms with van der Waals surface area (Å²) < 4.78 is 60.6. The number of ketones is 1. The Hall–Kier alpha value is -3.34. The van der Waals surface area contributed by atoms with Crippen LogP contribution >= 0.6 is 11.6 Å². The summed E-state index contributed by atoms with van der Waals surface area (Å²) in [5.41, 5.74) is 4.21. The first-order valence-corrected chi connectivity index (χ1v) is 18.2. The van der Waals surface area contributed by atoms with E-state index in [1.807, 2.05) is 45.0 Å². The van der Waals surface area contributed by atoms with Gasteiger partial charge in [-0.2, -0.15) is 8.61 Å². The van der Waals surface area contributed by atoms with Gasteiger partial charge in [0.15, 0.2) is 0 Å². The van der Waals surface area contributed by atoms with E-state index in [0.717, 1.165) is 22.3 Å². The van der Waals surface area contributed by atoms with Gasteiger partial charge in [0.2, 0.25) is 20.0 Å². The molecule has 0 aliphatic carbocycles. The summed E-state index contributed by atoms with van der Waals surface area (Å²) in [6, 6.07) is 25.6. The zero-order chi connectivity index (χ0) is 32.1. The molecule has 2 heterocycles. The molecule has 4 aromatic carbocycles. The zero-order valence-corrected chi connectivity index (χ0v) is 27.7. The minimum absolute atomic E-state index is 0.0970. The fourth-order valence-electron chi connectivity index (χ4n) is 6.57. The minimum atomic E-state index is -4.13. The molecule has 0 saturated carbocycles. The van der Waals surface area contributed by atoms with Crippen molar-refractivity contribution in [1.29, 1.82) is 0 Å². The Morgan fingerprint density at radius 3 is 1.76 bits per heavy atom. The van der Waals surface area contributed by atoms with Crippen molar-refractivity contribution in [2.24, 2.45) is 5.92 Å². The Morgan fingerprint density at radius 2 is 1.20 bits per heavy atom. The van der Waals surface area contributed by atoms with Gasteiger partial charge in [0.05, 0.1) is 21.9 Å². The SMILES string of the molecule is Cc1ccc([C@@H]2C[C@H]3[C@@H](CN2S(=O)(=O)c2ccc(C)cc2)C(=O)C[C@@H](c2cccc(Cl)c2)N3S(=O)(=O)c2ccc(C)cc2)cc1. The van der Waals surface area contributed by atoms with Crippen molar-refractivity contribution in [1.82, 2.24) is 8.61 Å². The monoisotopic (exact) mass is 662 g/mol. The molecule has 2 aliphatic rings. The molecule has 0 bridgehead atoms. The Labute approximate surface area is 270 Å². The number of hydrogen-bond donors (Lipinski definition) is 0. The van der Waals surface area contributed by atoms with Crippen LogP contribution in [0.2, 0.25) is 5.02 Å². The lowest BCUT2D eigenvalue weighted by Crippen LogP contribution is -2.60. The van der Waals surface area contributed by atoms with Gasteiger partial charge in [0.1, 0.15) is 5.78 Å². The third-order valence-electron chi connectivity index (χ3n) is 9.02. The number of hydrogen-bond acceptors (Lipinski definition) is 5. The van der Waals surface area contributed by atoms with Crippen molar-refractivity contribution in [3.05, 3.63) is 130 Å². The number of piperidine rings is 2. The number of halogens is 1. The highest BCUT2D eigenvalue weighted by atomic mass is 35.5. The number of rotatable bonds is 6. The van der Waals surface area contributed by atoms with E-state index in [1.165, 1.54) is 8.61 Å². The predicted molar refractivity (Wildman–Crippen MR) is 175 cm³/mol. The van der Waals surface area contributed by atoms with Crippen LogP contribution in [0.3, 0.4) is 0 Å². The highest BCUT2D eigenvalue weighted by molar-refractivity contribution is 7.89. The topological polar surface area (TPSA) is 91.8 Å². The molecular weight excluding hydrogens is 628 g/mol. The van der Waals surface area contributed by atoms with Gasteiger partial charge in [-0.3, -0.25) is 4.79 Å². The molecule has 0 amide bonds. The van der Waals surface area contributed by atoms with Gasteiger partial charge in [-0.1, -0.05) is 89.0 Å². The number of carbonyl (C=O) groups is 1. The number of fused-ring (bicyclic) bond motifs is 1. The number of Topliss-reactive ketones (excluding diaryl/α,β-unsaturated/α-hetero) is 1. The van der Waals surface area contributed by atoms with Crippen LogP contribution in [0.25, 0.3) is 0 Å². The van der Waals surface area contributed by atoms with Gasteiger partial charge in [0, 0.05) is 29.9 Å². The summed E-state index contributed by atoms with van der Waals surface area (Å²) in [6.45, 7) is 5.58. The second kappa shape index (κ2) is 12.1. The van der Waals surface area contributed by atoms with Crippen LogP contribution in [0.1, 0.15) is 52.7 Å². The van der Waals surface area contributed by atoms with E-state index in [9.17, 15) is 21.6 Å². The van der Waals surface area contributed by atoms with E-state index >= 15 is 0 Å². The van der Waals surface area contributed by atoms with Crippen molar-refractivity contribution >= 4 is 37.4 Å². The fourth-order valence-corrected chi connectivity index (χ4v) is 10.3. The second-order valence-corrected chi connectivity index (χ2v) is 16.3. The number of nitrogens with zero attached hydrogens (tertiary/aromatic N) is 2. The first-order valence-electron chi connectivity index (χ1n) is 14.9. The Bertz CT molecular complexity index is 1940. The van der Waals surface area contributed by atoms with Crippen LogP contribution in [-0.2, 0) is 24.8 Å². The number of sulfonamides is 2. The normalized spacial score (nSPS) is 23.1. The lowest BCUT2D eigenvalue weighted by molar-refractivity contribution is -0.132. The quantitative estimate of drug-likeness (QED) is 0.227. The van der Waals surface area contributed by atoms with E-state index in [4.69, 9.17) is 11.6 Å². The van der Waals surface area contributed by atoms with Crippen molar-refractivity contribution in [3.63, 3.8) is 0 Å². The van der Waals surface area contributed by atoms with Crippen LogP contribution < -0.4 is 0 Å². The van der Waals surface area contributed by atoms with E-state index in [1.54, 1.807) is 72.8 Å². The lowest BCUT2D eigenvalue weighted by Gasteiger charge is -2.51. The van der Waals surface area contributed by atoms with Gasteiger partial charge < -0.3 is 0 Å². The molecule has 0 spiro atoms.